The van der Waals surface area contributed by atoms with Crippen molar-refractivity contribution in [2.45, 2.75) is 54.9 Å². The molecule has 2 heteroatoms. The van der Waals surface area contributed by atoms with Crippen LogP contribution in [-0.2, 0) is 0 Å². The average Bonchev–Trinajstić information content (AvgIpc) is 2.49. The lowest BCUT2D eigenvalue weighted by atomic mass is 9.86. The molecule has 0 spiro atoms. The van der Waals surface area contributed by atoms with Crippen molar-refractivity contribution in [3.63, 3.8) is 0 Å². The van der Waals surface area contributed by atoms with Gasteiger partial charge in [-0.15, -0.1) is 11.8 Å². The monoisotopic (exact) mass is 181 g/mol. The van der Waals surface area contributed by atoms with Gasteiger partial charge in [-0.1, -0.05) is 12.8 Å². The van der Waals surface area contributed by atoms with Crippen LogP contribution in [0.2, 0.25) is 0 Å². The Morgan fingerprint density at radius 2 is 1.83 bits per heavy atom. The van der Waals surface area contributed by atoms with E-state index in [4.69, 9.17) is 5.26 Å². The molecule has 0 saturated heterocycles. The van der Waals surface area contributed by atoms with Crippen molar-refractivity contribution in [3.8, 4) is 6.07 Å². The zero-order valence-corrected chi connectivity index (χ0v) is 8.20. The number of thioether (sulfide) groups is 1. The van der Waals surface area contributed by atoms with Gasteiger partial charge >= 0.3 is 0 Å². The second-order valence-corrected chi connectivity index (χ2v) is 5.67. The minimum absolute atomic E-state index is 0.0506. The minimum atomic E-state index is 0.0506. The molecule has 0 amide bonds. The first-order valence-corrected chi connectivity index (χ1v) is 5.82. The lowest BCUT2D eigenvalue weighted by Crippen LogP contribution is -2.33. The minimum Gasteiger partial charge on any atom is -0.197 e. The molecule has 0 aliphatic heterocycles. The summed E-state index contributed by atoms with van der Waals surface area (Å²) >= 11 is 1.98. The first kappa shape index (κ1) is 8.44. The number of rotatable bonds is 2. The van der Waals surface area contributed by atoms with E-state index < -0.39 is 0 Å². The smallest absolute Gasteiger partial charge is 0.103 e. The van der Waals surface area contributed by atoms with Crippen molar-refractivity contribution >= 4 is 11.8 Å². The fourth-order valence-corrected chi connectivity index (χ4v) is 3.86. The average molecular weight is 181 g/mol. The van der Waals surface area contributed by atoms with Crippen molar-refractivity contribution < 1.29 is 0 Å². The Kier molecular flexibility index (Phi) is 2.32. The Balaban J connectivity index is 1.88. The summed E-state index contributed by atoms with van der Waals surface area (Å²) < 4.78 is 0.0506. The molecule has 2 aliphatic rings. The van der Waals surface area contributed by atoms with Crippen molar-refractivity contribution in [3.05, 3.63) is 0 Å². The molecule has 2 aliphatic carbocycles. The van der Waals surface area contributed by atoms with Gasteiger partial charge in [0.05, 0.1) is 6.07 Å². The molecule has 0 aromatic carbocycles. The number of nitriles is 1. The van der Waals surface area contributed by atoms with Gasteiger partial charge in [0.15, 0.2) is 0 Å². The van der Waals surface area contributed by atoms with Crippen LogP contribution in [0.15, 0.2) is 0 Å². The summed E-state index contributed by atoms with van der Waals surface area (Å²) in [5, 5.41) is 9.84. The fraction of sp³-hybridized carbons (Fsp3) is 0.900. The van der Waals surface area contributed by atoms with Gasteiger partial charge in [-0.3, -0.25) is 0 Å². The predicted molar refractivity (Wildman–Crippen MR) is 52.0 cm³/mol. The Labute approximate surface area is 78.5 Å². The lowest BCUT2D eigenvalue weighted by Gasteiger charge is -2.36. The largest absolute Gasteiger partial charge is 0.197 e. The highest BCUT2D eigenvalue weighted by Gasteiger charge is 2.40. The van der Waals surface area contributed by atoms with Crippen LogP contribution in [0, 0.1) is 11.3 Å². The second kappa shape index (κ2) is 3.30. The van der Waals surface area contributed by atoms with E-state index >= 15 is 0 Å². The van der Waals surface area contributed by atoms with E-state index in [1.54, 1.807) is 0 Å². The van der Waals surface area contributed by atoms with Crippen LogP contribution < -0.4 is 0 Å². The number of nitrogens with zero attached hydrogens (tertiary/aromatic N) is 1. The first-order valence-electron chi connectivity index (χ1n) is 4.94. The second-order valence-electron chi connectivity index (χ2n) is 3.98. The molecule has 0 N–H and O–H groups in total. The Bertz CT molecular complexity index is 196. The van der Waals surface area contributed by atoms with Crippen LogP contribution in [0.3, 0.4) is 0 Å². The SMILES string of the molecule is N#CC1(SC2CCCC2)CCC1. The summed E-state index contributed by atoms with van der Waals surface area (Å²) in [6.07, 6.45) is 9.04. The van der Waals surface area contributed by atoms with Gasteiger partial charge in [0, 0.05) is 5.25 Å². The number of hydrogen-bond acceptors (Lipinski definition) is 2. The number of hydrogen-bond donors (Lipinski definition) is 0. The van der Waals surface area contributed by atoms with E-state index in [2.05, 4.69) is 6.07 Å². The molecule has 0 bridgehead atoms. The molecule has 1 nitrogen and oxygen atoms in total. The Morgan fingerprint density at radius 3 is 2.25 bits per heavy atom. The molecule has 0 aromatic heterocycles. The van der Waals surface area contributed by atoms with E-state index in [1.807, 2.05) is 11.8 Å². The highest BCUT2D eigenvalue weighted by Crippen LogP contribution is 2.48. The molecule has 2 rings (SSSR count). The van der Waals surface area contributed by atoms with Gasteiger partial charge in [-0.25, -0.2) is 0 Å². The maximum absolute atomic E-state index is 9.03. The fourth-order valence-electron chi connectivity index (χ4n) is 2.08. The summed E-state index contributed by atoms with van der Waals surface area (Å²) in [5.41, 5.74) is 0. The molecule has 2 fully saturated rings. The lowest BCUT2D eigenvalue weighted by molar-refractivity contribution is 0.438. The van der Waals surface area contributed by atoms with Gasteiger partial charge in [-0.2, -0.15) is 5.26 Å². The van der Waals surface area contributed by atoms with Crippen LogP contribution in [0.1, 0.15) is 44.9 Å². The highest BCUT2D eigenvalue weighted by atomic mass is 32.2. The topological polar surface area (TPSA) is 23.8 Å². The summed E-state index contributed by atoms with van der Waals surface area (Å²) in [7, 11) is 0. The van der Waals surface area contributed by atoms with Gasteiger partial charge in [0.25, 0.3) is 0 Å². The van der Waals surface area contributed by atoms with Gasteiger partial charge < -0.3 is 0 Å². The molecule has 0 aromatic rings. The molecule has 12 heavy (non-hydrogen) atoms. The normalized spacial score (nSPS) is 27.9. The van der Waals surface area contributed by atoms with Gasteiger partial charge in [-0.05, 0) is 32.1 Å². The molecule has 0 radical (unpaired) electrons. The van der Waals surface area contributed by atoms with E-state index in [1.165, 1.54) is 32.1 Å². The maximum Gasteiger partial charge on any atom is 0.103 e. The molecule has 0 atom stereocenters. The molecule has 66 valence electrons. The first-order chi connectivity index (χ1) is 5.85. The molecule has 2 saturated carbocycles. The maximum atomic E-state index is 9.03. The summed E-state index contributed by atoms with van der Waals surface area (Å²) in [4.78, 5) is 0. The van der Waals surface area contributed by atoms with Crippen LogP contribution in [-0.4, -0.2) is 10.00 Å². The van der Waals surface area contributed by atoms with Crippen LogP contribution in [0.25, 0.3) is 0 Å². The van der Waals surface area contributed by atoms with Crippen molar-refractivity contribution in [1.29, 1.82) is 5.26 Å². The van der Waals surface area contributed by atoms with Crippen LogP contribution >= 0.6 is 11.8 Å². The summed E-state index contributed by atoms with van der Waals surface area (Å²) in [6.45, 7) is 0. The summed E-state index contributed by atoms with van der Waals surface area (Å²) in [5.74, 6) is 0. The molecule has 0 heterocycles. The highest BCUT2D eigenvalue weighted by molar-refractivity contribution is 8.01. The van der Waals surface area contributed by atoms with Gasteiger partial charge in [0.2, 0.25) is 0 Å². The predicted octanol–water partition coefficient (Wildman–Crippen LogP) is 3.11. The van der Waals surface area contributed by atoms with Crippen LogP contribution in [0.5, 0.6) is 0 Å². The van der Waals surface area contributed by atoms with E-state index in [0.717, 1.165) is 18.1 Å². The molecule has 0 unspecified atom stereocenters. The third-order valence-electron chi connectivity index (χ3n) is 3.06. The van der Waals surface area contributed by atoms with E-state index in [0.29, 0.717) is 0 Å². The quantitative estimate of drug-likeness (QED) is 0.653. The van der Waals surface area contributed by atoms with Crippen molar-refractivity contribution in [2.75, 3.05) is 0 Å². The van der Waals surface area contributed by atoms with Crippen molar-refractivity contribution in [2.24, 2.45) is 0 Å². The third kappa shape index (κ3) is 1.47. The standard InChI is InChI=1S/C10H15NS/c11-8-10(6-3-7-10)12-9-4-1-2-5-9/h9H,1-7H2. The molecular weight excluding hydrogens is 166 g/mol. The third-order valence-corrected chi connectivity index (χ3v) is 4.81. The summed E-state index contributed by atoms with van der Waals surface area (Å²) in [6, 6.07) is 2.50. The van der Waals surface area contributed by atoms with Crippen molar-refractivity contribution in [1.82, 2.24) is 0 Å². The van der Waals surface area contributed by atoms with E-state index in [9.17, 15) is 0 Å². The Morgan fingerprint density at radius 1 is 1.17 bits per heavy atom. The van der Waals surface area contributed by atoms with Crippen LogP contribution in [0.4, 0.5) is 0 Å². The zero-order valence-electron chi connectivity index (χ0n) is 7.38. The van der Waals surface area contributed by atoms with Gasteiger partial charge in [0.1, 0.15) is 4.75 Å². The molecular formula is C10H15NS. The van der Waals surface area contributed by atoms with E-state index in [-0.39, 0.29) is 4.75 Å². The zero-order chi connectivity index (χ0) is 8.44. The Hall–Kier alpha value is -0.160.